The summed E-state index contributed by atoms with van der Waals surface area (Å²) in [6, 6.07) is 10.7. The Balaban J connectivity index is 1.62. The molecule has 1 saturated heterocycles. The SMILES string of the molecule is CC1CCN(c2ccnc(N3CCCc4ccccc43)n2)CC1. The Morgan fingerprint density at radius 3 is 2.74 bits per heavy atom. The maximum Gasteiger partial charge on any atom is 0.231 e. The second-order valence-electron chi connectivity index (χ2n) is 6.77. The van der Waals surface area contributed by atoms with Gasteiger partial charge < -0.3 is 9.80 Å². The van der Waals surface area contributed by atoms with Gasteiger partial charge in [0.05, 0.1) is 0 Å². The lowest BCUT2D eigenvalue weighted by Crippen LogP contribution is -2.34. The molecule has 2 aliphatic rings. The predicted octanol–water partition coefficient (Wildman–Crippen LogP) is 3.80. The van der Waals surface area contributed by atoms with E-state index in [-0.39, 0.29) is 0 Å². The van der Waals surface area contributed by atoms with Crippen LogP contribution >= 0.6 is 0 Å². The highest BCUT2D eigenvalue weighted by Crippen LogP contribution is 2.32. The van der Waals surface area contributed by atoms with Crippen molar-refractivity contribution in [3.8, 4) is 0 Å². The van der Waals surface area contributed by atoms with E-state index in [1.807, 2.05) is 6.20 Å². The molecule has 4 nitrogen and oxygen atoms in total. The first-order valence-corrected chi connectivity index (χ1v) is 8.75. The van der Waals surface area contributed by atoms with Crippen molar-refractivity contribution in [2.45, 2.75) is 32.6 Å². The Morgan fingerprint density at radius 1 is 1.04 bits per heavy atom. The quantitative estimate of drug-likeness (QED) is 0.845. The van der Waals surface area contributed by atoms with E-state index in [0.29, 0.717) is 0 Å². The Morgan fingerprint density at radius 2 is 1.87 bits per heavy atom. The van der Waals surface area contributed by atoms with Crippen molar-refractivity contribution in [3.05, 3.63) is 42.1 Å². The number of para-hydroxylation sites is 1. The predicted molar refractivity (Wildman–Crippen MR) is 94.4 cm³/mol. The van der Waals surface area contributed by atoms with Crippen molar-refractivity contribution in [1.29, 1.82) is 0 Å². The smallest absolute Gasteiger partial charge is 0.231 e. The second-order valence-corrected chi connectivity index (χ2v) is 6.77. The molecule has 2 aliphatic heterocycles. The zero-order chi connectivity index (χ0) is 15.6. The fraction of sp³-hybridized carbons (Fsp3) is 0.474. The second kappa shape index (κ2) is 6.19. The third-order valence-corrected chi connectivity index (χ3v) is 5.09. The van der Waals surface area contributed by atoms with Crippen LogP contribution in [0, 0.1) is 5.92 Å². The Kier molecular flexibility index (Phi) is 3.90. The van der Waals surface area contributed by atoms with E-state index < -0.39 is 0 Å². The number of rotatable bonds is 2. The molecule has 1 aromatic heterocycles. The van der Waals surface area contributed by atoms with Gasteiger partial charge >= 0.3 is 0 Å². The van der Waals surface area contributed by atoms with Crippen molar-refractivity contribution in [1.82, 2.24) is 9.97 Å². The molecule has 0 N–H and O–H groups in total. The zero-order valence-electron chi connectivity index (χ0n) is 13.8. The van der Waals surface area contributed by atoms with Crippen molar-refractivity contribution < 1.29 is 0 Å². The molecule has 0 unspecified atom stereocenters. The summed E-state index contributed by atoms with van der Waals surface area (Å²) in [5.41, 5.74) is 2.67. The van der Waals surface area contributed by atoms with Gasteiger partial charge in [0.2, 0.25) is 5.95 Å². The van der Waals surface area contributed by atoms with E-state index >= 15 is 0 Å². The van der Waals surface area contributed by atoms with Crippen LogP contribution < -0.4 is 9.80 Å². The molecule has 4 heteroatoms. The molecule has 1 aromatic carbocycles. The molecule has 0 amide bonds. The van der Waals surface area contributed by atoms with Gasteiger partial charge in [-0.2, -0.15) is 4.98 Å². The van der Waals surface area contributed by atoms with Gasteiger partial charge in [0, 0.05) is 31.5 Å². The van der Waals surface area contributed by atoms with E-state index in [0.717, 1.165) is 50.2 Å². The lowest BCUT2D eigenvalue weighted by molar-refractivity contribution is 0.436. The molecule has 120 valence electrons. The highest BCUT2D eigenvalue weighted by molar-refractivity contribution is 5.64. The van der Waals surface area contributed by atoms with Gasteiger partial charge in [0.15, 0.2) is 0 Å². The van der Waals surface area contributed by atoms with Crippen LogP contribution in [0.2, 0.25) is 0 Å². The normalized spacial score (nSPS) is 18.8. The van der Waals surface area contributed by atoms with Gasteiger partial charge in [0.1, 0.15) is 5.82 Å². The lowest BCUT2D eigenvalue weighted by Gasteiger charge is -2.33. The number of piperidine rings is 1. The summed E-state index contributed by atoms with van der Waals surface area (Å²) in [7, 11) is 0. The standard InChI is InChI=1S/C19H24N4/c1-15-9-13-22(14-10-15)18-8-11-20-19(21-18)23-12-4-6-16-5-2-3-7-17(16)23/h2-3,5,7-8,11,15H,4,6,9-10,12-14H2,1H3. The van der Waals surface area contributed by atoms with Crippen molar-refractivity contribution in [2.75, 3.05) is 29.4 Å². The highest BCUT2D eigenvalue weighted by atomic mass is 15.3. The Bertz CT molecular complexity index is 677. The highest BCUT2D eigenvalue weighted by Gasteiger charge is 2.22. The van der Waals surface area contributed by atoms with Gasteiger partial charge in [-0.15, -0.1) is 0 Å². The van der Waals surface area contributed by atoms with Crippen LogP contribution in [0.5, 0.6) is 0 Å². The lowest BCUT2D eigenvalue weighted by atomic mass is 9.99. The van der Waals surface area contributed by atoms with Gasteiger partial charge in [-0.05, 0) is 49.3 Å². The van der Waals surface area contributed by atoms with Crippen molar-refractivity contribution >= 4 is 17.5 Å². The molecule has 1 fully saturated rings. The Labute approximate surface area is 138 Å². The van der Waals surface area contributed by atoms with Crippen LogP contribution in [0.1, 0.15) is 31.7 Å². The number of anilines is 3. The molecular weight excluding hydrogens is 284 g/mol. The van der Waals surface area contributed by atoms with Crippen LogP contribution in [0.25, 0.3) is 0 Å². The molecule has 0 bridgehead atoms. The third-order valence-electron chi connectivity index (χ3n) is 5.09. The minimum Gasteiger partial charge on any atom is -0.356 e. The maximum atomic E-state index is 4.88. The fourth-order valence-corrected chi connectivity index (χ4v) is 3.62. The summed E-state index contributed by atoms with van der Waals surface area (Å²) < 4.78 is 0. The number of aromatic nitrogens is 2. The van der Waals surface area contributed by atoms with Gasteiger partial charge in [-0.1, -0.05) is 25.1 Å². The molecule has 0 radical (unpaired) electrons. The molecule has 2 aromatic rings. The molecule has 0 saturated carbocycles. The van der Waals surface area contributed by atoms with E-state index in [9.17, 15) is 0 Å². The summed E-state index contributed by atoms with van der Waals surface area (Å²) in [6.45, 7) is 5.55. The van der Waals surface area contributed by atoms with Gasteiger partial charge in [0.25, 0.3) is 0 Å². The molecular formula is C19H24N4. The summed E-state index contributed by atoms with van der Waals surface area (Å²) in [4.78, 5) is 14.1. The maximum absolute atomic E-state index is 4.88. The van der Waals surface area contributed by atoms with Crippen LogP contribution in [0.4, 0.5) is 17.5 Å². The summed E-state index contributed by atoms with van der Waals surface area (Å²) in [6.07, 6.45) is 6.73. The monoisotopic (exact) mass is 308 g/mol. The van der Waals surface area contributed by atoms with Crippen molar-refractivity contribution in [2.24, 2.45) is 5.92 Å². The van der Waals surface area contributed by atoms with Gasteiger partial charge in [-0.25, -0.2) is 4.98 Å². The zero-order valence-corrected chi connectivity index (χ0v) is 13.8. The molecule has 4 rings (SSSR count). The summed E-state index contributed by atoms with van der Waals surface area (Å²) >= 11 is 0. The number of aryl methyl sites for hydroxylation is 1. The topological polar surface area (TPSA) is 32.3 Å². The number of benzene rings is 1. The third kappa shape index (κ3) is 2.90. The average molecular weight is 308 g/mol. The van der Waals surface area contributed by atoms with Crippen LogP contribution in [0.15, 0.2) is 36.5 Å². The molecule has 23 heavy (non-hydrogen) atoms. The van der Waals surface area contributed by atoms with Crippen LogP contribution in [-0.4, -0.2) is 29.6 Å². The average Bonchev–Trinajstić information content (AvgIpc) is 2.62. The summed E-state index contributed by atoms with van der Waals surface area (Å²) in [5, 5.41) is 0. The van der Waals surface area contributed by atoms with Crippen LogP contribution in [0.3, 0.4) is 0 Å². The number of nitrogens with zero attached hydrogens (tertiary/aromatic N) is 4. The molecule has 0 aliphatic carbocycles. The van der Waals surface area contributed by atoms with E-state index in [2.05, 4.69) is 52.0 Å². The molecule has 0 atom stereocenters. The van der Waals surface area contributed by atoms with E-state index in [4.69, 9.17) is 4.98 Å². The molecule has 3 heterocycles. The Hall–Kier alpha value is -2.10. The first-order valence-electron chi connectivity index (χ1n) is 8.75. The van der Waals surface area contributed by atoms with Crippen LogP contribution in [-0.2, 0) is 6.42 Å². The fourth-order valence-electron chi connectivity index (χ4n) is 3.62. The summed E-state index contributed by atoms with van der Waals surface area (Å²) in [5.74, 6) is 2.75. The number of hydrogen-bond donors (Lipinski definition) is 0. The largest absolute Gasteiger partial charge is 0.356 e. The minimum absolute atomic E-state index is 0.835. The minimum atomic E-state index is 0.835. The van der Waals surface area contributed by atoms with Crippen molar-refractivity contribution in [3.63, 3.8) is 0 Å². The number of fused-ring (bicyclic) bond motifs is 1. The number of hydrogen-bond acceptors (Lipinski definition) is 4. The molecule has 0 spiro atoms. The van der Waals surface area contributed by atoms with Gasteiger partial charge in [-0.3, -0.25) is 0 Å². The van der Waals surface area contributed by atoms with E-state index in [1.165, 1.54) is 24.1 Å². The first kappa shape index (κ1) is 14.5. The first-order chi connectivity index (χ1) is 11.3. The van der Waals surface area contributed by atoms with E-state index in [1.54, 1.807) is 0 Å².